The number of hydrogen-bond donors (Lipinski definition) is 0. The fourth-order valence-corrected chi connectivity index (χ4v) is 7.86. The summed E-state index contributed by atoms with van der Waals surface area (Å²) in [5, 5.41) is -0.00689. The number of fused-ring (bicyclic) bond motifs is 3. The predicted molar refractivity (Wildman–Crippen MR) is 235 cm³/mol. The second-order valence-electron chi connectivity index (χ2n) is 14.9. The van der Waals surface area contributed by atoms with E-state index in [0.29, 0.717) is 45.4 Å². The first kappa shape index (κ1) is 39.2. The molecule has 10 aromatic rings. The van der Waals surface area contributed by atoms with Crippen molar-refractivity contribution < 1.29 is 26.3 Å². The van der Waals surface area contributed by atoms with Gasteiger partial charge in [0.1, 0.15) is 0 Å². The largest absolute Gasteiger partial charge is 0.416 e. The Bertz CT molecular complexity index is 3110. The Hall–Kier alpha value is -7.92. The van der Waals surface area contributed by atoms with E-state index < -0.39 is 23.5 Å². The fourth-order valence-electron chi connectivity index (χ4n) is 7.86. The van der Waals surface area contributed by atoms with Gasteiger partial charge in [-0.15, -0.1) is 0 Å². The molecule has 0 N–H and O–H groups in total. The molecule has 3 aromatic heterocycles. The van der Waals surface area contributed by atoms with Crippen LogP contribution < -0.4 is 0 Å². The normalized spacial score (nSPS) is 12.0. The zero-order valence-corrected chi connectivity index (χ0v) is 32.9. The van der Waals surface area contributed by atoms with Gasteiger partial charge in [-0.1, -0.05) is 121 Å². The van der Waals surface area contributed by atoms with Gasteiger partial charge in [0, 0.05) is 44.2 Å². The highest BCUT2D eigenvalue weighted by molar-refractivity contribution is 6.10. The molecule has 0 unspecified atom stereocenters. The Balaban J connectivity index is 1.29. The Morgan fingerprint density at radius 3 is 1.06 bits per heavy atom. The van der Waals surface area contributed by atoms with Crippen molar-refractivity contribution in [3.63, 3.8) is 0 Å². The van der Waals surface area contributed by atoms with Crippen molar-refractivity contribution in [3.05, 3.63) is 199 Å². The number of benzene rings is 7. The van der Waals surface area contributed by atoms with Crippen molar-refractivity contribution in [1.29, 1.82) is 0 Å². The highest BCUT2D eigenvalue weighted by Crippen LogP contribution is 2.43. The van der Waals surface area contributed by atoms with Crippen LogP contribution >= 0.6 is 0 Å². The first-order chi connectivity index (χ1) is 30.5. The molecular weight excluding hydrogens is 809 g/mol. The van der Waals surface area contributed by atoms with E-state index in [2.05, 4.69) is 0 Å². The van der Waals surface area contributed by atoms with Crippen molar-refractivity contribution in [3.8, 4) is 73.5 Å². The van der Waals surface area contributed by atoms with Crippen LogP contribution in [0.1, 0.15) is 11.1 Å². The van der Waals surface area contributed by atoms with Crippen molar-refractivity contribution in [2.75, 3.05) is 0 Å². The van der Waals surface area contributed by atoms with Gasteiger partial charge in [0.2, 0.25) is 0 Å². The molecule has 3 heterocycles. The van der Waals surface area contributed by atoms with Crippen molar-refractivity contribution in [2.24, 2.45) is 0 Å². The molecule has 0 aliphatic carbocycles. The second kappa shape index (κ2) is 15.5. The van der Waals surface area contributed by atoms with Crippen molar-refractivity contribution in [2.45, 2.75) is 12.4 Å². The number of hydrogen-bond acceptors (Lipinski definition) is 4. The Kier molecular flexibility index (Phi) is 9.67. The van der Waals surface area contributed by atoms with E-state index in [1.165, 1.54) is 12.1 Å². The lowest BCUT2D eigenvalue weighted by atomic mass is 10.0. The van der Waals surface area contributed by atoms with Crippen LogP contribution in [0.4, 0.5) is 26.3 Å². The molecule has 11 heteroatoms. The van der Waals surface area contributed by atoms with Crippen LogP contribution in [0.15, 0.2) is 188 Å². The lowest BCUT2D eigenvalue weighted by Crippen LogP contribution is -2.05. The molecule has 0 amide bonds. The third kappa shape index (κ3) is 7.58. The summed E-state index contributed by atoms with van der Waals surface area (Å²) < 4.78 is 87.0. The first-order valence-electron chi connectivity index (χ1n) is 19.9. The Morgan fingerprint density at radius 2 is 0.698 bits per heavy atom. The van der Waals surface area contributed by atoms with Gasteiger partial charge in [-0.25, -0.2) is 19.9 Å². The topological polar surface area (TPSA) is 56.5 Å². The van der Waals surface area contributed by atoms with Crippen LogP contribution in [0.5, 0.6) is 0 Å². The summed E-state index contributed by atoms with van der Waals surface area (Å²) in [5.41, 5.74) is 5.79. The molecule has 5 nitrogen and oxygen atoms in total. The Morgan fingerprint density at radius 1 is 0.333 bits per heavy atom. The molecule has 0 aliphatic heterocycles. The summed E-state index contributed by atoms with van der Waals surface area (Å²) in [6.45, 7) is 0. The maximum atomic E-state index is 14.2. The summed E-state index contributed by atoms with van der Waals surface area (Å²) in [7, 11) is 0. The van der Waals surface area contributed by atoms with Crippen LogP contribution in [0.25, 0.3) is 95.3 Å². The van der Waals surface area contributed by atoms with Gasteiger partial charge in [-0.05, 0) is 66.7 Å². The number of alkyl halides is 6. The zero-order valence-electron chi connectivity index (χ0n) is 32.9. The minimum Gasteiger partial charge on any atom is -0.309 e. The maximum absolute atomic E-state index is 14.2. The molecule has 7 aromatic carbocycles. The van der Waals surface area contributed by atoms with E-state index in [-0.39, 0.29) is 27.6 Å². The van der Waals surface area contributed by atoms with Gasteiger partial charge >= 0.3 is 12.4 Å². The third-order valence-corrected chi connectivity index (χ3v) is 10.9. The molecule has 0 radical (unpaired) electrons. The van der Waals surface area contributed by atoms with E-state index >= 15 is 0 Å². The molecule has 0 aliphatic rings. The van der Waals surface area contributed by atoms with E-state index in [1.54, 1.807) is 16.7 Å². The standard InChI is InChI=1S/C52H31F6N5/c53-51(54,55)37-22-25-46-39(28-37)40-29-38(52(56,57)58)23-26-47(40)63(46)48-24-21-36(49-59-42(32-13-5-1-6-14-32)30-43(60-49)33-15-7-2-8-16-33)27-41(48)50-61-44(34-17-9-3-10-18-34)31-45(62-50)35-19-11-4-12-20-35/h1-31H. The molecule has 0 saturated carbocycles. The number of rotatable bonds is 7. The highest BCUT2D eigenvalue weighted by Gasteiger charge is 2.34. The van der Waals surface area contributed by atoms with E-state index in [1.807, 2.05) is 140 Å². The summed E-state index contributed by atoms with van der Waals surface area (Å²) in [5.74, 6) is 0.626. The smallest absolute Gasteiger partial charge is 0.309 e. The summed E-state index contributed by atoms with van der Waals surface area (Å²) >= 11 is 0. The molecule has 0 atom stereocenters. The molecule has 0 spiro atoms. The summed E-state index contributed by atoms with van der Waals surface area (Å²) in [6.07, 6.45) is -9.49. The fraction of sp³-hybridized carbons (Fsp3) is 0.0385. The minimum absolute atomic E-state index is 0.00345. The third-order valence-electron chi connectivity index (χ3n) is 10.9. The maximum Gasteiger partial charge on any atom is 0.416 e. The highest BCUT2D eigenvalue weighted by atomic mass is 19.4. The zero-order chi connectivity index (χ0) is 43.3. The second-order valence-corrected chi connectivity index (χ2v) is 14.9. The average molecular weight is 840 g/mol. The number of halogens is 6. The van der Waals surface area contributed by atoms with Gasteiger partial charge < -0.3 is 4.57 Å². The van der Waals surface area contributed by atoms with Crippen LogP contribution in [0.3, 0.4) is 0 Å². The lowest BCUT2D eigenvalue weighted by Gasteiger charge is -2.17. The van der Waals surface area contributed by atoms with E-state index in [4.69, 9.17) is 19.9 Å². The van der Waals surface area contributed by atoms with E-state index in [0.717, 1.165) is 46.5 Å². The first-order valence-corrected chi connectivity index (χ1v) is 19.9. The summed E-state index contributed by atoms with van der Waals surface area (Å²) in [6, 6.07) is 53.9. The molecule has 10 rings (SSSR count). The van der Waals surface area contributed by atoms with Gasteiger partial charge in [-0.2, -0.15) is 26.3 Å². The Labute approximate surface area is 356 Å². The lowest BCUT2D eigenvalue weighted by molar-refractivity contribution is -0.138. The van der Waals surface area contributed by atoms with Crippen LogP contribution in [0, 0.1) is 0 Å². The SMILES string of the molecule is FC(F)(F)c1ccc2c(c1)c1cc(C(F)(F)F)ccc1n2-c1ccc(-c2nc(-c3ccccc3)cc(-c3ccccc3)n2)cc1-c1nc(-c2ccccc2)cc(-c2ccccc2)n1. The van der Waals surface area contributed by atoms with Gasteiger partial charge in [0.05, 0.1) is 50.6 Å². The summed E-state index contributed by atoms with van der Waals surface area (Å²) in [4.78, 5) is 20.4. The van der Waals surface area contributed by atoms with Crippen molar-refractivity contribution >= 4 is 21.8 Å². The number of aromatic nitrogens is 5. The molecule has 63 heavy (non-hydrogen) atoms. The minimum atomic E-state index is -4.75. The molecule has 0 saturated heterocycles. The van der Waals surface area contributed by atoms with Crippen molar-refractivity contribution in [1.82, 2.24) is 24.5 Å². The van der Waals surface area contributed by atoms with Gasteiger partial charge in [0.25, 0.3) is 0 Å². The van der Waals surface area contributed by atoms with Gasteiger partial charge in [-0.3, -0.25) is 0 Å². The monoisotopic (exact) mass is 839 g/mol. The quantitative estimate of drug-likeness (QED) is 0.150. The predicted octanol–water partition coefficient (Wildman–Crippen LogP) is 14.4. The molecule has 306 valence electrons. The number of nitrogens with zero attached hydrogens (tertiary/aromatic N) is 5. The van der Waals surface area contributed by atoms with Crippen LogP contribution in [0.2, 0.25) is 0 Å². The van der Waals surface area contributed by atoms with Gasteiger partial charge in [0.15, 0.2) is 11.6 Å². The molecule has 0 fully saturated rings. The van der Waals surface area contributed by atoms with Crippen LogP contribution in [-0.4, -0.2) is 24.5 Å². The molecular formula is C52H31F6N5. The van der Waals surface area contributed by atoms with Crippen LogP contribution in [-0.2, 0) is 12.4 Å². The molecule has 0 bridgehead atoms. The average Bonchev–Trinajstić information content (AvgIpc) is 3.64. The van der Waals surface area contributed by atoms with E-state index in [9.17, 15) is 26.3 Å².